The summed E-state index contributed by atoms with van der Waals surface area (Å²) >= 11 is -1.89. The SMILES string of the molecule is O=S(O)N1CCC(O)C1. The van der Waals surface area contributed by atoms with Crippen LogP contribution in [0.3, 0.4) is 0 Å². The second-order valence-corrected chi connectivity index (χ2v) is 3.04. The lowest BCUT2D eigenvalue weighted by atomic mass is 10.3. The highest BCUT2D eigenvalue weighted by molar-refractivity contribution is 7.76. The van der Waals surface area contributed by atoms with Crippen molar-refractivity contribution in [3.63, 3.8) is 0 Å². The highest BCUT2D eigenvalue weighted by Gasteiger charge is 2.23. The minimum absolute atomic E-state index is 0.323. The third kappa shape index (κ3) is 1.72. The minimum Gasteiger partial charge on any atom is -0.392 e. The van der Waals surface area contributed by atoms with Gasteiger partial charge in [0.25, 0.3) is 0 Å². The van der Waals surface area contributed by atoms with Crippen molar-refractivity contribution in [3.05, 3.63) is 0 Å². The van der Waals surface area contributed by atoms with Gasteiger partial charge >= 0.3 is 0 Å². The molecule has 4 nitrogen and oxygen atoms in total. The first-order valence-electron chi connectivity index (χ1n) is 2.74. The van der Waals surface area contributed by atoms with E-state index in [4.69, 9.17) is 9.66 Å². The van der Waals surface area contributed by atoms with Gasteiger partial charge in [0.1, 0.15) is 0 Å². The second-order valence-electron chi connectivity index (χ2n) is 2.06. The molecule has 5 heteroatoms. The molecular weight excluding hydrogens is 142 g/mol. The molecular formula is C4H9NO3S. The molecule has 9 heavy (non-hydrogen) atoms. The molecule has 1 rings (SSSR count). The Bertz CT molecular complexity index is 129. The van der Waals surface area contributed by atoms with Gasteiger partial charge < -0.3 is 5.11 Å². The summed E-state index contributed by atoms with van der Waals surface area (Å²) in [6.07, 6.45) is 0.188. The Hall–Kier alpha value is 0.0300. The summed E-state index contributed by atoms with van der Waals surface area (Å²) in [5.41, 5.74) is 0. The van der Waals surface area contributed by atoms with E-state index in [1.165, 1.54) is 4.31 Å². The molecule has 0 aliphatic carbocycles. The summed E-state index contributed by atoms with van der Waals surface area (Å²) in [6.45, 7) is 0.841. The number of nitrogens with zero attached hydrogens (tertiary/aromatic N) is 1. The maximum absolute atomic E-state index is 10.3. The van der Waals surface area contributed by atoms with Crippen LogP contribution < -0.4 is 0 Å². The molecule has 0 spiro atoms. The predicted octanol–water partition coefficient (Wildman–Crippen LogP) is -0.810. The first kappa shape index (κ1) is 7.14. The van der Waals surface area contributed by atoms with Crippen molar-refractivity contribution in [2.75, 3.05) is 13.1 Å². The zero-order chi connectivity index (χ0) is 6.85. The van der Waals surface area contributed by atoms with Crippen LogP contribution in [0.15, 0.2) is 0 Å². The molecule has 54 valence electrons. The van der Waals surface area contributed by atoms with Gasteiger partial charge in [-0.3, -0.25) is 4.55 Å². The maximum Gasteiger partial charge on any atom is 0.234 e. The van der Waals surface area contributed by atoms with E-state index in [0.29, 0.717) is 19.5 Å². The smallest absolute Gasteiger partial charge is 0.234 e. The molecule has 1 aliphatic rings. The van der Waals surface area contributed by atoms with Crippen molar-refractivity contribution in [2.24, 2.45) is 0 Å². The first-order valence-corrected chi connectivity index (χ1v) is 3.80. The van der Waals surface area contributed by atoms with Crippen molar-refractivity contribution in [3.8, 4) is 0 Å². The Labute approximate surface area is 55.9 Å². The Morgan fingerprint density at radius 1 is 1.67 bits per heavy atom. The number of aliphatic hydroxyl groups is 1. The summed E-state index contributed by atoms with van der Waals surface area (Å²) < 4.78 is 20.1. The van der Waals surface area contributed by atoms with E-state index >= 15 is 0 Å². The first-order chi connectivity index (χ1) is 4.20. The van der Waals surface area contributed by atoms with Crippen molar-refractivity contribution in [1.82, 2.24) is 4.31 Å². The van der Waals surface area contributed by atoms with E-state index in [-0.39, 0.29) is 0 Å². The zero-order valence-electron chi connectivity index (χ0n) is 4.86. The summed E-state index contributed by atoms with van der Waals surface area (Å²) in [5.74, 6) is 0. The molecule has 2 unspecified atom stereocenters. The highest BCUT2D eigenvalue weighted by atomic mass is 32.2. The third-order valence-corrected chi connectivity index (χ3v) is 2.12. The maximum atomic E-state index is 10.3. The average molecular weight is 151 g/mol. The van der Waals surface area contributed by atoms with Gasteiger partial charge in [0.2, 0.25) is 11.3 Å². The van der Waals surface area contributed by atoms with E-state index in [1.807, 2.05) is 0 Å². The van der Waals surface area contributed by atoms with E-state index in [2.05, 4.69) is 0 Å². The number of hydrogen-bond acceptors (Lipinski definition) is 2. The van der Waals surface area contributed by atoms with Crippen LogP contribution >= 0.6 is 0 Å². The van der Waals surface area contributed by atoms with E-state index < -0.39 is 17.4 Å². The lowest BCUT2D eigenvalue weighted by Crippen LogP contribution is -2.23. The molecule has 0 saturated carbocycles. The topological polar surface area (TPSA) is 60.8 Å². The monoisotopic (exact) mass is 151 g/mol. The molecule has 1 heterocycles. The molecule has 1 aliphatic heterocycles. The van der Waals surface area contributed by atoms with Crippen LogP contribution in [0.2, 0.25) is 0 Å². The zero-order valence-corrected chi connectivity index (χ0v) is 5.67. The summed E-state index contributed by atoms with van der Waals surface area (Å²) in [5, 5.41) is 8.86. The molecule has 2 atom stereocenters. The number of rotatable bonds is 1. The molecule has 0 aromatic carbocycles. The fourth-order valence-electron chi connectivity index (χ4n) is 0.853. The van der Waals surface area contributed by atoms with Gasteiger partial charge in [-0.1, -0.05) is 0 Å². The van der Waals surface area contributed by atoms with Gasteiger partial charge in [-0.15, -0.1) is 0 Å². The Balaban J connectivity index is 2.39. The fraction of sp³-hybridized carbons (Fsp3) is 1.00. The summed E-state index contributed by atoms with van der Waals surface area (Å²) in [4.78, 5) is 0. The van der Waals surface area contributed by atoms with Crippen LogP contribution in [0, 0.1) is 0 Å². The second kappa shape index (κ2) is 2.74. The highest BCUT2D eigenvalue weighted by Crippen LogP contribution is 2.08. The number of aliphatic hydroxyl groups excluding tert-OH is 1. The molecule has 0 aromatic heterocycles. The Kier molecular flexibility index (Phi) is 2.18. The van der Waals surface area contributed by atoms with Crippen molar-refractivity contribution < 1.29 is 13.9 Å². The van der Waals surface area contributed by atoms with Gasteiger partial charge in [0.15, 0.2) is 0 Å². The number of β-amino-alcohol motifs (C(OH)–C–C–N with tert-alkyl or cyclic N) is 1. The molecule has 0 radical (unpaired) electrons. The predicted molar refractivity (Wildman–Crippen MR) is 33.0 cm³/mol. The largest absolute Gasteiger partial charge is 0.392 e. The molecule has 1 fully saturated rings. The molecule has 0 amide bonds. The summed E-state index contributed by atoms with van der Waals surface area (Å²) in [6, 6.07) is 0. The van der Waals surface area contributed by atoms with Crippen LogP contribution in [0.1, 0.15) is 6.42 Å². The van der Waals surface area contributed by atoms with Gasteiger partial charge in [-0.25, -0.2) is 4.21 Å². The normalized spacial score (nSPS) is 32.9. The van der Waals surface area contributed by atoms with Gasteiger partial charge in [0.05, 0.1) is 6.10 Å². The quantitative estimate of drug-likeness (QED) is 0.482. The van der Waals surface area contributed by atoms with Crippen LogP contribution in [0.4, 0.5) is 0 Å². The van der Waals surface area contributed by atoms with Crippen LogP contribution in [0.5, 0.6) is 0 Å². The molecule has 0 bridgehead atoms. The number of hydrogen-bond donors (Lipinski definition) is 2. The van der Waals surface area contributed by atoms with Crippen LogP contribution in [0.25, 0.3) is 0 Å². The van der Waals surface area contributed by atoms with Crippen molar-refractivity contribution in [2.45, 2.75) is 12.5 Å². The lowest BCUT2D eigenvalue weighted by Gasteiger charge is -2.06. The Morgan fingerprint density at radius 2 is 2.33 bits per heavy atom. The molecule has 1 saturated heterocycles. The summed E-state index contributed by atoms with van der Waals surface area (Å²) in [7, 11) is 0. The Morgan fingerprint density at radius 3 is 2.56 bits per heavy atom. The van der Waals surface area contributed by atoms with Gasteiger partial charge in [0, 0.05) is 13.1 Å². The molecule has 0 aromatic rings. The van der Waals surface area contributed by atoms with Crippen molar-refractivity contribution >= 4 is 11.3 Å². The van der Waals surface area contributed by atoms with E-state index in [1.54, 1.807) is 0 Å². The molecule has 2 N–H and O–H groups in total. The van der Waals surface area contributed by atoms with Crippen molar-refractivity contribution in [1.29, 1.82) is 0 Å². The minimum atomic E-state index is -1.89. The van der Waals surface area contributed by atoms with Crippen LogP contribution in [-0.4, -0.2) is 37.4 Å². The lowest BCUT2D eigenvalue weighted by molar-refractivity contribution is 0.189. The van der Waals surface area contributed by atoms with Gasteiger partial charge in [-0.2, -0.15) is 4.31 Å². The fourth-order valence-corrected chi connectivity index (χ4v) is 1.41. The van der Waals surface area contributed by atoms with Gasteiger partial charge in [-0.05, 0) is 6.42 Å². The average Bonchev–Trinajstić information content (AvgIpc) is 2.14. The van der Waals surface area contributed by atoms with E-state index in [0.717, 1.165) is 0 Å². The standard InChI is InChI=1S/C4H9NO3S/c6-4-1-2-5(3-4)9(7)8/h4,6H,1-3H2,(H,7,8). The van der Waals surface area contributed by atoms with Crippen LogP contribution in [-0.2, 0) is 11.3 Å². The third-order valence-electron chi connectivity index (χ3n) is 1.35. The van der Waals surface area contributed by atoms with E-state index in [9.17, 15) is 4.21 Å².